The molecule has 0 saturated carbocycles. The molecule has 19 heteroatoms. The Bertz CT molecular complexity index is 2030. The van der Waals surface area contributed by atoms with E-state index in [0.29, 0.717) is 25.7 Å². The Morgan fingerprint density at radius 1 is 0.252 bits per heavy atom. The van der Waals surface area contributed by atoms with Gasteiger partial charge in [0.05, 0.1) is 26.4 Å². The third-order valence-corrected chi connectivity index (χ3v) is 22.7. The van der Waals surface area contributed by atoms with E-state index < -0.39 is 97.5 Å². The maximum atomic E-state index is 13.2. The zero-order valence-electron chi connectivity index (χ0n) is 70.3. The largest absolute Gasteiger partial charge is 0.472 e. The summed E-state index contributed by atoms with van der Waals surface area (Å²) in [4.78, 5) is 73.1. The molecule has 0 radical (unpaired) electrons. The minimum absolute atomic E-state index is 0.107. The van der Waals surface area contributed by atoms with Crippen LogP contribution >= 0.6 is 15.6 Å². The van der Waals surface area contributed by atoms with E-state index in [4.69, 9.17) is 37.0 Å². The minimum atomic E-state index is -4.97. The van der Waals surface area contributed by atoms with Gasteiger partial charge in [-0.3, -0.25) is 37.3 Å². The summed E-state index contributed by atoms with van der Waals surface area (Å²) in [5, 5.41) is 10.7. The van der Waals surface area contributed by atoms with Gasteiger partial charge in [-0.2, -0.15) is 0 Å². The number of aliphatic hydroxyl groups excluding tert-OH is 1. The lowest BCUT2D eigenvalue weighted by Gasteiger charge is -2.21. The van der Waals surface area contributed by atoms with Crippen LogP contribution < -0.4 is 0 Å². The van der Waals surface area contributed by atoms with Crippen LogP contribution in [0.4, 0.5) is 0 Å². The average molecular weight is 1560 g/mol. The number of unbranched alkanes of at least 4 members (excludes halogenated alkanes) is 60. The van der Waals surface area contributed by atoms with Gasteiger partial charge in [-0.25, -0.2) is 9.13 Å². The van der Waals surface area contributed by atoms with Crippen molar-refractivity contribution in [1.29, 1.82) is 0 Å². The topological polar surface area (TPSA) is 237 Å². The van der Waals surface area contributed by atoms with Crippen molar-refractivity contribution < 1.29 is 80.2 Å². The predicted molar refractivity (Wildman–Crippen MR) is 442 cm³/mol. The van der Waals surface area contributed by atoms with E-state index in [2.05, 4.69) is 34.6 Å². The molecule has 0 aliphatic carbocycles. The van der Waals surface area contributed by atoms with Crippen molar-refractivity contribution in [2.75, 3.05) is 39.6 Å². The number of ether oxygens (including phenoxy) is 4. The minimum Gasteiger partial charge on any atom is -0.462 e. The summed E-state index contributed by atoms with van der Waals surface area (Å²) in [5.74, 6) is -1.33. The first-order valence-corrected chi connectivity index (χ1v) is 48.6. The molecule has 107 heavy (non-hydrogen) atoms. The number of esters is 4. The van der Waals surface area contributed by atoms with Crippen molar-refractivity contribution in [2.45, 2.75) is 496 Å². The number of rotatable bonds is 88. The zero-order valence-corrected chi connectivity index (χ0v) is 72.1. The summed E-state index contributed by atoms with van der Waals surface area (Å²) in [6, 6.07) is 0. The van der Waals surface area contributed by atoms with E-state index >= 15 is 0 Å². The van der Waals surface area contributed by atoms with Crippen molar-refractivity contribution >= 4 is 39.5 Å². The van der Waals surface area contributed by atoms with Crippen LogP contribution in [0.5, 0.6) is 0 Å². The Morgan fingerprint density at radius 3 is 0.636 bits per heavy atom. The molecule has 0 amide bonds. The van der Waals surface area contributed by atoms with Gasteiger partial charge in [0.2, 0.25) is 0 Å². The fourth-order valence-corrected chi connectivity index (χ4v) is 15.4. The molecule has 0 saturated heterocycles. The van der Waals surface area contributed by atoms with E-state index in [1.54, 1.807) is 0 Å². The maximum Gasteiger partial charge on any atom is 0.472 e. The Balaban J connectivity index is 5.16. The van der Waals surface area contributed by atoms with Gasteiger partial charge in [-0.05, 0) is 31.6 Å². The highest BCUT2D eigenvalue weighted by molar-refractivity contribution is 7.47. The van der Waals surface area contributed by atoms with Gasteiger partial charge >= 0.3 is 39.5 Å². The standard InChI is InChI=1S/C88H172O17P2/c1-6-9-12-15-18-21-23-25-27-29-31-33-35-37-39-41-43-48-52-57-62-67-72-86(91)99-78-84(105-87(92)73-68-63-58-53-49-44-42-40-38-36-34-32-30-28-26-24-22-19-16-13-10-7-2)80-103-107(96,97)101-76-82(89)75-100-106(94,95)102-79-83(77-98-85(90)71-66-61-56-20-17-14-11-8-3)104-88(93)74-69-64-59-54-50-46-45-47-51-55-60-65-70-81(4)5/h81-84,89H,6-80H2,1-5H3,(H,94,95)(H,96,97)/t82-,83+,84+/m0/s1. The van der Waals surface area contributed by atoms with Crippen LogP contribution in [0.15, 0.2) is 0 Å². The summed E-state index contributed by atoms with van der Waals surface area (Å²) in [6.07, 6.45) is 75.4. The predicted octanol–water partition coefficient (Wildman–Crippen LogP) is 27.2. The third-order valence-electron chi connectivity index (χ3n) is 20.8. The molecule has 0 aromatic carbocycles. The molecule has 17 nitrogen and oxygen atoms in total. The number of phosphoric acid groups is 2. The first-order chi connectivity index (χ1) is 52.0. The molecule has 0 rings (SSSR count). The van der Waals surface area contributed by atoms with Crippen molar-refractivity contribution in [1.82, 2.24) is 0 Å². The summed E-state index contributed by atoms with van der Waals surface area (Å²) in [5.41, 5.74) is 0. The zero-order chi connectivity index (χ0) is 78.3. The van der Waals surface area contributed by atoms with E-state index in [-0.39, 0.29) is 25.7 Å². The maximum absolute atomic E-state index is 13.2. The molecule has 636 valence electrons. The molecule has 0 bridgehead atoms. The highest BCUT2D eigenvalue weighted by atomic mass is 31.2. The van der Waals surface area contributed by atoms with Crippen molar-refractivity contribution in [3.63, 3.8) is 0 Å². The highest BCUT2D eigenvalue weighted by Gasteiger charge is 2.30. The summed E-state index contributed by atoms with van der Waals surface area (Å²) < 4.78 is 68.8. The Kier molecular flexibility index (Phi) is 79.2. The molecule has 2 unspecified atom stereocenters. The van der Waals surface area contributed by atoms with Crippen molar-refractivity contribution in [3.05, 3.63) is 0 Å². The van der Waals surface area contributed by atoms with E-state index in [0.717, 1.165) is 102 Å². The van der Waals surface area contributed by atoms with E-state index in [1.165, 1.54) is 295 Å². The number of phosphoric ester groups is 2. The lowest BCUT2D eigenvalue weighted by atomic mass is 10.0. The van der Waals surface area contributed by atoms with Crippen LogP contribution in [0.1, 0.15) is 478 Å². The molecular weight excluding hydrogens is 1390 g/mol. The van der Waals surface area contributed by atoms with Gasteiger partial charge in [0, 0.05) is 25.7 Å². The number of aliphatic hydroxyl groups is 1. The second kappa shape index (κ2) is 80.7. The van der Waals surface area contributed by atoms with Crippen LogP contribution in [0, 0.1) is 5.92 Å². The van der Waals surface area contributed by atoms with Crippen molar-refractivity contribution in [3.8, 4) is 0 Å². The molecule has 0 aromatic heterocycles. The van der Waals surface area contributed by atoms with Crippen LogP contribution in [-0.2, 0) is 65.4 Å². The van der Waals surface area contributed by atoms with Crippen LogP contribution in [0.3, 0.4) is 0 Å². The second-order valence-corrected chi connectivity index (χ2v) is 35.0. The summed E-state index contributed by atoms with van der Waals surface area (Å²) in [7, 11) is -9.92. The molecule has 0 aliphatic rings. The van der Waals surface area contributed by atoms with Crippen LogP contribution in [0.25, 0.3) is 0 Å². The van der Waals surface area contributed by atoms with Crippen LogP contribution in [-0.4, -0.2) is 96.7 Å². The smallest absolute Gasteiger partial charge is 0.462 e. The lowest BCUT2D eigenvalue weighted by Crippen LogP contribution is -2.30. The first-order valence-electron chi connectivity index (χ1n) is 45.6. The fourth-order valence-electron chi connectivity index (χ4n) is 13.8. The fraction of sp³-hybridized carbons (Fsp3) is 0.955. The van der Waals surface area contributed by atoms with E-state index in [9.17, 15) is 43.2 Å². The number of carbonyl (C=O) groups is 4. The van der Waals surface area contributed by atoms with Crippen LogP contribution in [0.2, 0.25) is 0 Å². The first kappa shape index (κ1) is 105. The van der Waals surface area contributed by atoms with Gasteiger partial charge in [0.25, 0.3) is 0 Å². The molecule has 0 fully saturated rings. The molecule has 0 spiro atoms. The quantitative estimate of drug-likeness (QED) is 0.0222. The lowest BCUT2D eigenvalue weighted by molar-refractivity contribution is -0.161. The number of hydrogen-bond donors (Lipinski definition) is 3. The van der Waals surface area contributed by atoms with Gasteiger partial charge in [0.15, 0.2) is 12.2 Å². The van der Waals surface area contributed by atoms with Crippen molar-refractivity contribution in [2.24, 2.45) is 5.92 Å². The second-order valence-electron chi connectivity index (χ2n) is 32.1. The third kappa shape index (κ3) is 81.9. The Morgan fingerprint density at radius 2 is 0.430 bits per heavy atom. The SMILES string of the molecule is CCCCCCCCCCCCCCCCCCCCCCCCC(=O)OC[C@H](COP(=O)(O)OC[C@@H](O)COP(=O)(O)OC[C@@H](COC(=O)CCCCCCCCCC)OC(=O)CCCCCCCCCCCCCCC(C)C)OC(=O)CCCCCCCCCCCCCCCCCCCCCCCC. The summed E-state index contributed by atoms with van der Waals surface area (Å²) in [6.45, 7) is 7.34. The Hall–Kier alpha value is -1.94. The molecule has 0 heterocycles. The van der Waals surface area contributed by atoms with E-state index in [1.807, 2.05) is 0 Å². The number of hydrogen-bond acceptors (Lipinski definition) is 15. The highest BCUT2D eigenvalue weighted by Crippen LogP contribution is 2.45. The normalized spacial score (nSPS) is 13.7. The molecular formula is C88H172O17P2. The van der Waals surface area contributed by atoms with Gasteiger partial charge < -0.3 is 33.8 Å². The van der Waals surface area contributed by atoms with Gasteiger partial charge in [-0.1, -0.05) is 426 Å². The summed E-state index contributed by atoms with van der Waals surface area (Å²) >= 11 is 0. The number of carbonyl (C=O) groups excluding carboxylic acids is 4. The average Bonchev–Trinajstić information content (AvgIpc) is 0.899. The monoisotopic (exact) mass is 1560 g/mol. The van der Waals surface area contributed by atoms with Gasteiger partial charge in [-0.15, -0.1) is 0 Å². The molecule has 0 aromatic rings. The van der Waals surface area contributed by atoms with Gasteiger partial charge in [0.1, 0.15) is 19.3 Å². The molecule has 5 atom stereocenters. The Labute approximate surface area is 658 Å². The molecule has 3 N–H and O–H groups in total. The molecule has 0 aliphatic heterocycles.